The van der Waals surface area contributed by atoms with E-state index in [1.807, 2.05) is 30.3 Å². The maximum atomic E-state index is 15.4. The number of hydrogen-bond acceptors (Lipinski definition) is 10. The van der Waals surface area contributed by atoms with E-state index < -0.39 is 41.6 Å². The number of carbonyl (C=O) groups excluding carboxylic acids is 1. The van der Waals surface area contributed by atoms with Gasteiger partial charge in [-0.05, 0) is 85.3 Å². The SMILES string of the molecule is COc1cc(NC(=O)COc2cccc([C@@](O)(C(=O)O)c3ccccc3CC3CCN(Cc4ccccc4)CC3)c2)c(F)cc1CNC[C@H](O)c1ccc(O)c2[nH]c(=O)ccc12. The molecule has 1 fully saturated rings. The van der Waals surface area contributed by atoms with Crippen LogP contribution in [0.25, 0.3) is 10.9 Å². The number of pyridine rings is 1. The second-order valence-electron chi connectivity index (χ2n) is 15.5. The van der Waals surface area contributed by atoms with Crippen LogP contribution in [-0.4, -0.2) is 75.5 Å². The van der Waals surface area contributed by atoms with Crippen molar-refractivity contribution < 1.29 is 43.9 Å². The van der Waals surface area contributed by atoms with Gasteiger partial charge in [0.05, 0.1) is 24.4 Å². The summed E-state index contributed by atoms with van der Waals surface area (Å²) in [5.74, 6) is -2.37. The molecule has 0 radical (unpaired) electrons. The van der Waals surface area contributed by atoms with E-state index in [2.05, 4.69) is 32.7 Å². The monoisotopic (exact) mass is 844 g/mol. The van der Waals surface area contributed by atoms with E-state index in [-0.39, 0.29) is 52.7 Å². The van der Waals surface area contributed by atoms with Crippen LogP contribution in [0.15, 0.2) is 120 Å². The van der Waals surface area contributed by atoms with Crippen molar-refractivity contribution in [3.05, 3.63) is 165 Å². The lowest BCUT2D eigenvalue weighted by Crippen LogP contribution is -2.38. The predicted molar refractivity (Wildman–Crippen MR) is 232 cm³/mol. The summed E-state index contributed by atoms with van der Waals surface area (Å²) in [6, 6.07) is 31.6. The Morgan fingerprint density at radius 1 is 0.935 bits per heavy atom. The first-order valence-corrected chi connectivity index (χ1v) is 20.4. The average molecular weight is 845 g/mol. The number of phenolic OH excluding ortho intramolecular Hbond substituents is 1. The standard InChI is InChI=1S/C48H49FN4O9/c1-61-43-25-40(39(49)23-33(43)26-50-27-42(55)36-14-16-41(54)46-37(36)15-17-44(56)52-46)51-45(57)29-62-35-12-7-11-34(24-35)48(60,47(58)59)38-13-6-5-10-32(38)22-30-18-20-53(21-19-30)28-31-8-3-2-4-9-31/h2-17,23-25,30,42,50,54-55,60H,18-22,26-29H2,1H3,(H,51,57)(H,52,56)(H,58,59)/t42-,48-/m0/s1. The van der Waals surface area contributed by atoms with Gasteiger partial charge >= 0.3 is 5.97 Å². The van der Waals surface area contributed by atoms with Crippen molar-refractivity contribution in [3.63, 3.8) is 0 Å². The number of aliphatic hydroxyl groups is 2. The first kappa shape index (κ1) is 43.5. The molecule has 0 bridgehead atoms. The van der Waals surface area contributed by atoms with Crippen molar-refractivity contribution in [2.45, 2.75) is 44.1 Å². The molecule has 0 saturated carbocycles. The minimum absolute atomic E-state index is 0.0342. The van der Waals surface area contributed by atoms with Gasteiger partial charge in [0.2, 0.25) is 11.2 Å². The molecule has 0 aliphatic carbocycles. The van der Waals surface area contributed by atoms with Gasteiger partial charge in [-0.1, -0.05) is 72.8 Å². The van der Waals surface area contributed by atoms with Gasteiger partial charge in [-0.3, -0.25) is 14.5 Å². The number of carboxylic acid groups (broad SMARTS) is 1. The van der Waals surface area contributed by atoms with Crippen LogP contribution in [0.1, 0.15) is 52.3 Å². The van der Waals surface area contributed by atoms with E-state index in [0.717, 1.165) is 38.0 Å². The molecule has 5 aromatic carbocycles. The third-order valence-corrected chi connectivity index (χ3v) is 11.4. The Morgan fingerprint density at radius 2 is 1.69 bits per heavy atom. The summed E-state index contributed by atoms with van der Waals surface area (Å²) in [5.41, 5.74) is 0.401. The van der Waals surface area contributed by atoms with Gasteiger partial charge < -0.3 is 45.5 Å². The summed E-state index contributed by atoms with van der Waals surface area (Å²) in [6.45, 7) is 2.27. The Balaban J connectivity index is 0.962. The number of carboxylic acids is 1. The summed E-state index contributed by atoms with van der Waals surface area (Å²) >= 11 is 0. The Kier molecular flexibility index (Phi) is 13.6. The number of hydrogen-bond donors (Lipinski definition) is 7. The minimum atomic E-state index is -2.41. The van der Waals surface area contributed by atoms with Crippen molar-refractivity contribution in [2.75, 3.05) is 38.7 Å². The highest BCUT2D eigenvalue weighted by molar-refractivity contribution is 5.92. The van der Waals surface area contributed by atoms with Gasteiger partial charge in [-0.15, -0.1) is 0 Å². The molecule has 2 atom stereocenters. The highest BCUT2D eigenvalue weighted by Gasteiger charge is 2.42. The summed E-state index contributed by atoms with van der Waals surface area (Å²) in [7, 11) is 1.39. The van der Waals surface area contributed by atoms with E-state index in [1.165, 1.54) is 67.3 Å². The number of aromatic nitrogens is 1. The number of ether oxygens (including phenoxy) is 2. The summed E-state index contributed by atoms with van der Waals surface area (Å²) in [6.07, 6.45) is 1.44. The number of piperidine rings is 1. The lowest BCUT2D eigenvalue weighted by Gasteiger charge is -2.33. The van der Waals surface area contributed by atoms with Gasteiger partial charge in [-0.25, -0.2) is 9.18 Å². The van der Waals surface area contributed by atoms with Crippen LogP contribution in [0.3, 0.4) is 0 Å². The number of aromatic amines is 1. The quantitative estimate of drug-likeness (QED) is 0.0570. The molecule has 6 aromatic rings. The molecule has 1 amide bonds. The van der Waals surface area contributed by atoms with Crippen molar-refractivity contribution >= 4 is 28.5 Å². The van der Waals surface area contributed by atoms with E-state index in [4.69, 9.17) is 9.47 Å². The first-order chi connectivity index (χ1) is 29.9. The average Bonchev–Trinajstić information content (AvgIpc) is 3.27. The number of H-pyrrole nitrogens is 1. The number of aromatic hydroxyl groups is 1. The molecule has 0 spiro atoms. The molecule has 1 aromatic heterocycles. The summed E-state index contributed by atoms with van der Waals surface area (Å²) in [4.78, 5) is 42.7. The maximum absolute atomic E-state index is 15.4. The van der Waals surface area contributed by atoms with Gasteiger partial charge in [0.25, 0.3) is 5.91 Å². The number of phenols is 1. The summed E-state index contributed by atoms with van der Waals surface area (Å²) in [5, 5.41) is 49.6. The number of benzene rings is 5. The van der Waals surface area contributed by atoms with E-state index in [9.17, 15) is 34.8 Å². The molecule has 13 nitrogen and oxygen atoms in total. The number of amides is 1. The van der Waals surface area contributed by atoms with Gasteiger partial charge in [0.1, 0.15) is 23.1 Å². The second-order valence-corrected chi connectivity index (χ2v) is 15.5. The van der Waals surface area contributed by atoms with Crippen molar-refractivity contribution in [3.8, 4) is 17.2 Å². The molecule has 14 heteroatoms. The minimum Gasteiger partial charge on any atom is -0.506 e. The number of nitrogens with zero attached hydrogens (tertiary/aromatic N) is 1. The molecule has 7 N–H and O–H groups in total. The molecule has 2 heterocycles. The van der Waals surface area contributed by atoms with E-state index in [0.29, 0.717) is 28.9 Å². The molecule has 322 valence electrons. The van der Waals surface area contributed by atoms with Crippen LogP contribution in [0.4, 0.5) is 10.1 Å². The fraction of sp³-hybridized carbons (Fsp3) is 0.271. The van der Waals surface area contributed by atoms with Gasteiger partial charge in [0.15, 0.2) is 6.61 Å². The zero-order chi connectivity index (χ0) is 43.8. The number of fused-ring (bicyclic) bond motifs is 1. The molecule has 1 aliphatic rings. The normalized spacial score (nSPS) is 14.8. The number of aliphatic carboxylic acids is 1. The fourth-order valence-electron chi connectivity index (χ4n) is 8.11. The van der Waals surface area contributed by atoms with Gasteiger partial charge in [-0.2, -0.15) is 0 Å². The molecular weight excluding hydrogens is 796 g/mol. The Bertz CT molecular complexity index is 2600. The van der Waals surface area contributed by atoms with Gasteiger partial charge in [0, 0.05) is 53.8 Å². The largest absolute Gasteiger partial charge is 0.506 e. The van der Waals surface area contributed by atoms with Crippen molar-refractivity contribution in [1.29, 1.82) is 0 Å². The molecule has 1 saturated heterocycles. The zero-order valence-electron chi connectivity index (χ0n) is 34.1. The Labute approximate surface area is 357 Å². The maximum Gasteiger partial charge on any atom is 0.345 e. The number of aliphatic hydroxyl groups excluding tert-OH is 1. The lowest BCUT2D eigenvalue weighted by molar-refractivity contribution is -0.155. The van der Waals surface area contributed by atoms with E-state index >= 15 is 4.39 Å². The zero-order valence-corrected chi connectivity index (χ0v) is 34.1. The third kappa shape index (κ3) is 9.96. The highest BCUT2D eigenvalue weighted by Crippen LogP contribution is 2.37. The number of methoxy groups -OCH3 is 1. The van der Waals surface area contributed by atoms with Crippen LogP contribution in [0, 0.1) is 11.7 Å². The molecule has 62 heavy (non-hydrogen) atoms. The van der Waals surface area contributed by atoms with Crippen LogP contribution in [0.2, 0.25) is 0 Å². The van der Waals surface area contributed by atoms with Crippen molar-refractivity contribution in [2.24, 2.45) is 5.92 Å². The van der Waals surface area contributed by atoms with Crippen LogP contribution < -0.4 is 25.7 Å². The first-order valence-electron chi connectivity index (χ1n) is 20.4. The molecule has 0 unspecified atom stereocenters. The number of anilines is 1. The second kappa shape index (κ2) is 19.4. The molecule has 7 rings (SSSR count). The fourth-order valence-corrected chi connectivity index (χ4v) is 8.11. The van der Waals surface area contributed by atoms with Crippen molar-refractivity contribution in [1.82, 2.24) is 15.2 Å². The third-order valence-electron chi connectivity index (χ3n) is 11.4. The smallest absolute Gasteiger partial charge is 0.345 e. The number of carbonyl (C=O) groups is 2. The number of rotatable bonds is 17. The molecular formula is C48H49FN4O9. The predicted octanol–water partition coefficient (Wildman–Crippen LogP) is 6.00. The van der Waals surface area contributed by atoms with Crippen LogP contribution >= 0.6 is 0 Å². The molecule has 1 aliphatic heterocycles. The number of likely N-dealkylation sites (tertiary alicyclic amines) is 1. The van der Waals surface area contributed by atoms with Crippen LogP contribution in [0.5, 0.6) is 17.2 Å². The topological polar surface area (TPSA) is 194 Å². The highest BCUT2D eigenvalue weighted by atomic mass is 19.1. The number of halogens is 1. The Morgan fingerprint density at radius 3 is 2.45 bits per heavy atom. The van der Waals surface area contributed by atoms with E-state index in [1.54, 1.807) is 18.2 Å². The lowest BCUT2D eigenvalue weighted by atomic mass is 9.80. The summed E-state index contributed by atoms with van der Waals surface area (Å²) < 4.78 is 26.6. The number of nitrogens with one attached hydrogen (secondary N) is 3. The Hall–Kier alpha value is -6.58. The van der Waals surface area contributed by atoms with Crippen LogP contribution in [-0.2, 0) is 34.7 Å².